The number of hydrogen-bond donors (Lipinski definition) is 2. The molecule has 18 heavy (non-hydrogen) atoms. The number of anilines is 2. The third-order valence-corrected chi connectivity index (χ3v) is 3.36. The predicted octanol–water partition coefficient (Wildman–Crippen LogP) is 0.294. The summed E-state index contributed by atoms with van der Waals surface area (Å²) in [5.41, 5.74) is 12.1. The maximum absolute atomic E-state index is 5.69. The van der Waals surface area contributed by atoms with Crippen molar-refractivity contribution in [3.63, 3.8) is 0 Å². The van der Waals surface area contributed by atoms with Gasteiger partial charge in [-0.3, -0.25) is 4.90 Å². The van der Waals surface area contributed by atoms with E-state index >= 15 is 0 Å². The topological polar surface area (TPSA) is 90.3 Å². The first-order chi connectivity index (χ1) is 8.49. The summed E-state index contributed by atoms with van der Waals surface area (Å²) in [6, 6.07) is 0. The van der Waals surface area contributed by atoms with Crippen molar-refractivity contribution in [1.29, 1.82) is 0 Å². The van der Waals surface area contributed by atoms with Crippen molar-refractivity contribution in [3.8, 4) is 0 Å². The zero-order chi connectivity index (χ0) is 13.2. The zero-order valence-electron chi connectivity index (χ0n) is 11.0. The summed E-state index contributed by atoms with van der Waals surface area (Å²) >= 11 is 0. The number of nitrogen functional groups attached to an aromatic ring is 2. The smallest absolute Gasteiger partial charge is 0.166 e. The minimum atomic E-state index is 0.0149. The van der Waals surface area contributed by atoms with E-state index in [0.29, 0.717) is 11.6 Å². The average molecular weight is 251 g/mol. The molecule has 0 amide bonds. The molecule has 100 valence electrons. The van der Waals surface area contributed by atoms with Crippen LogP contribution in [0.15, 0.2) is 6.20 Å². The summed E-state index contributed by atoms with van der Waals surface area (Å²) in [7, 11) is 0. The minimum Gasteiger partial charge on any atom is -0.381 e. The largest absolute Gasteiger partial charge is 0.381 e. The molecule has 1 fully saturated rings. The van der Waals surface area contributed by atoms with Gasteiger partial charge in [0.05, 0.1) is 25.1 Å². The molecule has 6 nitrogen and oxygen atoms in total. The maximum Gasteiger partial charge on any atom is 0.166 e. The van der Waals surface area contributed by atoms with E-state index in [4.69, 9.17) is 16.2 Å². The molecule has 1 aliphatic heterocycles. The highest BCUT2D eigenvalue weighted by atomic mass is 16.5. The van der Waals surface area contributed by atoms with Gasteiger partial charge in [0, 0.05) is 25.0 Å². The molecule has 0 unspecified atom stereocenters. The van der Waals surface area contributed by atoms with Crippen LogP contribution in [0, 0.1) is 0 Å². The molecule has 4 N–H and O–H groups in total. The van der Waals surface area contributed by atoms with E-state index in [-0.39, 0.29) is 5.54 Å². The lowest BCUT2D eigenvalue weighted by Gasteiger charge is -2.40. The van der Waals surface area contributed by atoms with Gasteiger partial charge < -0.3 is 16.2 Å². The van der Waals surface area contributed by atoms with Gasteiger partial charge in [-0.05, 0) is 13.8 Å². The quantitative estimate of drug-likeness (QED) is 0.802. The molecule has 1 saturated heterocycles. The lowest BCUT2D eigenvalue weighted by atomic mass is 9.95. The number of ether oxygens (including phenoxy) is 1. The first-order valence-corrected chi connectivity index (χ1v) is 6.19. The van der Waals surface area contributed by atoms with E-state index in [2.05, 4.69) is 28.7 Å². The van der Waals surface area contributed by atoms with E-state index < -0.39 is 0 Å². The lowest BCUT2D eigenvalue weighted by molar-refractivity contribution is -0.0101. The van der Waals surface area contributed by atoms with Gasteiger partial charge in [-0.25, -0.2) is 9.97 Å². The van der Waals surface area contributed by atoms with Crippen LogP contribution in [0.5, 0.6) is 0 Å². The van der Waals surface area contributed by atoms with Gasteiger partial charge in [-0.2, -0.15) is 0 Å². The number of rotatable bonds is 3. The molecule has 1 aromatic rings. The summed E-state index contributed by atoms with van der Waals surface area (Å²) in [5.74, 6) is 0.605. The van der Waals surface area contributed by atoms with Gasteiger partial charge in [0.2, 0.25) is 0 Å². The highest BCUT2D eigenvalue weighted by molar-refractivity contribution is 5.51. The van der Waals surface area contributed by atoms with E-state index in [1.807, 2.05) is 0 Å². The zero-order valence-corrected chi connectivity index (χ0v) is 11.0. The molecule has 0 spiro atoms. The highest BCUT2D eigenvalue weighted by Crippen LogP contribution is 2.21. The number of nitrogens with zero attached hydrogens (tertiary/aromatic N) is 3. The molecular formula is C12H21N5O. The number of morpholine rings is 1. The van der Waals surface area contributed by atoms with Crippen LogP contribution < -0.4 is 11.5 Å². The van der Waals surface area contributed by atoms with Gasteiger partial charge in [-0.15, -0.1) is 0 Å². The van der Waals surface area contributed by atoms with E-state index in [9.17, 15) is 0 Å². The Labute approximate surface area is 107 Å². The number of nitrogens with two attached hydrogens (primary N) is 2. The maximum atomic E-state index is 5.69. The van der Waals surface area contributed by atoms with Crippen molar-refractivity contribution in [3.05, 3.63) is 11.9 Å². The van der Waals surface area contributed by atoms with Crippen molar-refractivity contribution in [2.45, 2.75) is 25.8 Å². The summed E-state index contributed by atoms with van der Waals surface area (Å²) in [4.78, 5) is 10.7. The van der Waals surface area contributed by atoms with Crippen molar-refractivity contribution >= 4 is 11.6 Å². The van der Waals surface area contributed by atoms with Crippen molar-refractivity contribution in [1.82, 2.24) is 14.9 Å². The molecule has 6 heteroatoms. The van der Waals surface area contributed by atoms with Gasteiger partial charge in [0.25, 0.3) is 0 Å². The Morgan fingerprint density at radius 3 is 2.56 bits per heavy atom. The molecular weight excluding hydrogens is 230 g/mol. The molecule has 0 saturated carbocycles. The van der Waals surface area contributed by atoms with Gasteiger partial charge >= 0.3 is 0 Å². The van der Waals surface area contributed by atoms with Crippen molar-refractivity contribution in [2.24, 2.45) is 0 Å². The van der Waals surface area contributed by atoms with Crippen LogP contribution in [0.25, 0.3) is 0 Å². The van der Waals surface area contributed by atoms with Gasteiger partial charge in [0.1, 0.15) is 0 Å². The van der Waals surface area contributed by atoms with Crippen LogP contribution in [0.3, 0.4) is 0 Å². The van der Waals surface area contributed by atoms with Crippen molar-refractivity contribution < 1.29 is 4.74 Å². The molecule has 1 aromatic heterocycles. The Kier molecular flexibility index (Phi) is 3.68. The molecule has 2 rings (SSSR count). The van der Waals surface area contributed by atoms with Crippen LogP contribution >= 0.6 is 0 Å². The van der Waals surface area contributed by atoms with E-state index in [1.54, 1.807) is 6.20 Å². The fourth-order valence-electron chi connectivity index (χ4n) is 2.26. The fourth-order valence-corrected chi connectivity index (χ4v) is 2.26. The summed E-state index contributed by atoms with van der Waals surface area (Å²) < 4.78 is 5.37. The van der Waals surface area contributed by atoms with E-state index in [1.165, 1.54) is 0 Å². The van der Waals surface area contributed by atoms with Crippen LogP contribution in [-0.2, 0) is 11.2 Å². The van der Waals surface area contributed by atoms with Crippen LogP contribution in [-0.4, -0.2) is 46.7 Å². The Balaban J connectivity index is 2.08. The third kappa shape index (κ3) is 2.88. The first kappa shape index (κ1) is 13.0. The average Bonchev–Trinajstić information content (AvgIpc) is 2.35. The molecule has 0 aromatic carbocycles. The second-order valence-corrected chi connectivity index (χ2v) is 5.22. The third-order valence-electron chi connectivity index (χ3n) is 3.36. The first-order valence-electron chi connectivity index (χ1n) is 6.19. The Hall–Kier alpha value is -1.40. The van der Waals surface area contributed by atoms with E-state index in [0.717, 1.165) is 38.4 Å². The second-order valence-electron chi connectivity index (χ2n) is 5.22. The molecule has 0 aliphatic carbocycles. The van der Waals surface area contributed by atoms with Crippen LogP contribution in [0.4, 0.5) is 11.6 Å². The molecule has 0 bridgehead atoms. The molecule has 2 heterocycles. The molecule has 0 atom stereocenters. The Morgan fingerprint density at radius 2 is 1.94 bits per heavy atom. The molecule has 0 radical (unpaired) electrons. The summed E-state index contributed by atoms with van der Waals surface area (Å²) in [6.07, 6.45) is 2.50. The highest BCUT2D eigenvalue weighted by Gasteiger charge is 2.29. The minimum absolute atomic E-state index is 0.0149. The standard InChI is InChI=1S/C12H21N5O/c1-12(2,17-3-5-18-6-4-17)7-9-8-15-10(13)11(14)16-9/h8H,3-7H2,1-2H3,(H2,13,15)(H2,14,16). The normalized spacial score (nSPS) is 17.9. The SMILES string of the molecule is CC(C)(Cc1cnc(N)c(N)n1)N1CCOCC1. The van der Waals surface area contributed by atoms with Crippen LogP contribution in [0.2, 0.25) is 0 Å². The van der Waals surface area contributed by atoms with Gasteiger partial charge in [-0.1, -0.05) is 0 Å². The second kappa shape index (κ2) is 5.07. The Morgan fingerprint density at radius 1 is 1.28 bits per heavy atom. The lowest BCUT2D eigenvalue weighted by Crippen LogP contribution is -2.51. The number of aromatic nitrogens is 2. The number of hydrogen-bond acceptors (Lipinski definition) is 6. The monoisotopic (exact) mass is 251 g/mol. The summed E-state index contributed by atoms with van der Waals surface area (Å²) in [6.45, 7) is 7.88. The predicted molar refractivity (Wildman–Crippen MR) is 71.0 cm³/mol. The van der Waals surface area contributed by atoms with Crippen molar-refractivity contribution in [2.75, 3.05) is 37.8 Å². The molecule has 1 aliphatic rings. The summed E-state index contributed by atoms with van der Waals surface area (Å²) in [5, 5.41) is 0. The van der Waals surface area contributed by atoms with Gasteiger partial charge in [0.15, 0.2) is 11.6 Å². The fraction of sp³-hybridized carbons (Fsp3) is 0.667. The van der Waals surface area contributed by atoms with Crippen LogP contribution in [0.1, 0.15) is 19.5 Å². The Bertz CT molecular complexity index is 415.